The topological polar surface area (TPSA) is 51.2 Å². The summed E-state index contributed by atoms with van der Waals surface area (Å²) in [7, 11) is 0. The Balaban J connectivity index is 1.42. The number of ether oxygens (including phenoxy) is 1. The summed E-state index contributed by atoms with van der Waals surface area (Å²) in [5.41, 5.74) is 2.78. The fraction of sp³-hybridized carbons (Fsp3) is 0.143. The number of amides is 1. The minimum atomic E-state index is -0.432. The summed E-state index contributed by atoms with van der Waals surface area (Å²) >= 11 is 0. The van der Waals surface area contributed by atoms with E-state index < -0.39 is 6.09 Å². The van der Waals surface area contributed by atoms with Crippen molar-refractivity contribution in [3.63, 3.8) is 0 Å². The maximum absolute atomic E-state index is 11.6. The number of para-hydroxylation sites is 1. The highest BCUT2D eigenvalue weighted by molar-refractivity contribution is 5.79. The number of nitrogens with zero attached hydrogens (tertiary/aromatic N) is 1. The number of alkyl carbamates (subject to hydrolysis) is 1. The lowest BCUT2D eigenvalue weighted by Gasteiger charge is -2.05. The zero-order valence-corrected chi connectivity index (χ0v) is 13.7. The van der Waals surface area contributed by atoms with Crippen LogP contribution in [0.4, 0.5) is 4.79 Å². The maximum Gasteiger partial charge on any atom is 0.407 e. The molecule has 0 bridgehead atoms. The number of nitrogens with one attached hydrogen (secondary N) is 1. The second-order valence-corrected chi connectivity index (χ2v) is 5.46. The summed E-state index contributed by atoms with van der Waals surface area (Å²) in [5, 5.41) is 3.76. The van der Waals surface area contributed by atoms with Crippen molar-refractivity contribution < 1.29 is 9.53 Å². The first-order valence-electron chi connectivity index (χ1n) is 8.09. The van der Waals surface area contributed by atoms with Crippen LogP contribution in [0.25, 0.3) is 10.9 Å². The second-order valence-electron chi connectivity index (χ2n) is 5.46. The zero-order valence-electron chi connectivity index (χ0n) is 13.7. The molecule has 0 aliphatic carbocycles. The van der Waals surface area contributed by atoms with E-state index in [1.807, 2.05) is 60.7 Å². The average Bonchev–Trinajstić information content (AvgIpc) is 2.67. The van der Waals surface area contributed by atoms with Gasteiger partial charge in [-0.05, 0) is 17.7 Å². The lowest BCUT2D eigenvalue weighted by molar-refractivity contribution is 0.140. The maximum atomic E-state index is 11.6. The highest BCUT2D eigenvalue weighted by Gasteiger charge is 2.00. The number of benzene rings is 2. The Morgan fingerprint density at radius 2 is 1.88 bits per heavy atom. The molecule has 2 aromatic carbocycles. The highest BCUT2D eigenvalue weighted by Crippen LogP contribution is 2.11. The number of pyridine rings is 1. The molecule has 4 nitrogen and oxygen atoms in total. The molecule has 3 rings (SSSR count). The van der Waals surface area contributed by atoms with E-state index in [9.17, 15) is 4.79 Å². The molecule has 0 saturated heterocycles. The van der Waals surface area contributed by atoms with Gasteiger partial charge in [0.25, 0.3) is 0 Å². The van der Waals surface area contributed by atoms with Gasteiger partial charge in [0.2, 0.25) is 0 Å². The van der Waals surface area contributed by atoms with Crippen LogP contribution in [0.5, 0.6) is 0 Å². The van der Waals surface area contributed by atoms with Gasteiger partial charge in [0, 0.05) is 30.1 Å². The van der Waals surface area contributed by atoms with Gasteiger partial charge in [-0.2, -0.15) is 0 Å². The van der Waals surface area contributed by atoms with E-state index >= 15 is 0 Å². The molecule has 1 heterocycles. The van der Waals surface area contributed by atoms with Crippen LogP contribution in [-0.2, 0) is 11.3 Å². The third-order valence-corrected chi connectivity index (χ3v) is 3.56. The summed E-state index contributed by atoms with van der Waals surface area (Å²) in [6, 6.07) is 19.5. The van der Waals surface area contributed by atoms with Gasteiger partial charge in [0.15, 0.2) is 0 Å². The van der Waals surface area contributed by atoms with Gasteiger partial charge in [0.05, 0.1) is 5.52 Å². The van der Waals surface area contributed by atoms with Crippen molar-refractivity contribution in [2.75, 3.05) is 6.54 Å². The molecule has 0 aliphatic rings. The first-order valence-corrected chi connectivity index (χ1v) is 8.09. The lowest BCUT2D eigenvalue weighted by Crippen LogP contribution is -2.24. The number of fused-ring (bicyclic) bond motifs is 1. The van der Waals surface area contributed by atoms with Gasteiger partial charge in [0.1, 0.15) is 6.61 Å². The van der Waals surface area contributed by atoms with Gasteiger partial charge >= 0.3 is 6.09 Å². The molecular weight excluding hydrogens is 312 g/mol. The van der Waals surface area contributed by atoms with E-state index in [1.165, 1.54) is 0 Å². The smallest absolute Gasteiger partial charge is 0.407 e. The molecule has 0 aliphatic heterocycles. The second kappa shape index (κ2) is 8.51. The molecule has 1 amide bonds. The first kappa shape index (κ1) is 16.5. The van der Waals surface area contributed by atoms with E-state index in [4.69, 9.17) is 4.74 Å². The Morgan fingerprint density at radius 3 is 2.76 bits per heavy atom. The van der Waals surface area contributed by atoms with Crippen molar-refractivity contribution in [1.82, 2.24) is 10.3 Å². The Hall–Kier alpha value is -3.32. The van der Waals surface area contributed by atoms with Crippen LogP contribution in [0, 0.1) is 11.8 Å². The summed E-state index contributed by atoms with van der Waals surface area (Å²) in [6.45, 7) is 0.711. The SMILES string of the molecule is O=C(NCCC#Cc1cnc2ccccc2c1)OCc1ccccc1. The standard InChI is InChI=1S/C21H18N2O2/c24-21(25-16-17-8-2-1-3-9-17)22-13-7-6-10-18-14-19-11-4-5-12-20(19)23-15-18/h1-5,8-9,11-12,14-15H,7,13,16H2,(H,22,24). The number of aromatic nitrogens is 1. The molecule has 0 saturated carbocycles. The average molecular weight is 330 g/mol. The van der Waals surface area contributed by atoms with Crippen molar-refractivity contribution in [3.05, 3.63) is 78.0 Å². The number of carbonyl (C=O) groups excluding carboxylic acids is 1. The molecule has 25 heavy (non-hydrogen) atoms. The van der Waals surface area contributed by atoms with Crippen LogP contribution >= 0.6 is 0 Å². The summed E-state index contributed by atoms with van der Waals surface area (Å²) in [5.74, 6) is 6.10. The van der Waals surface area contributed by atoms with Crippen molar-refractivity contribution in [3.8, 4) is 11.8 Å². The predicted molar refractivity (Wildman–Crippen MR) is 97.9 cm³/mol. The predicted octanol–water partition coefficient (Wildman–Crippen LogP) is 3.90. The fourth-order valence-corrected chi connectivity index (χ4v) is 2.31. The third-order valence-electron chi connectivity index (χ3n) is 3.56. The fourth-order valence-electron chi connectivity index (χ4n) is 2.31. The Kier molecular flexibility index (Phi) is 5.63. The number of hydrogen-bond acceptors (Lipinski definition) is 3. The van der Waals surface area contributed by atoms with E-state index in [-0.39, 0.29) is 6.61 Å². The number of rotatable bonds is 4. The van der Waals surface area contributed by atoms with Gasteiger partial charge < -0.3 is 10.1 Å². The first-order chi connectivity index (χ1) is 12.3. The van der Waals surface area contributed by atoms with Crippen LogP contribution < -0.4 is 5.32 Å². The minimum Gasteiger partial charge on any atom is -0.445 e. The Bertz CT molecular complexity index is 911. The molecular formula is C21H18N2O2. The molecule has 1 N–H and O–H groups in total. The molecule has 4 heteroatoms. The molecule has 0 atom stereocenters. The largest absolute Gasteiger partial charge is 0.445 e. The van der Waals surface area contributed by atoms with Crippen molar-refractivity contribution >= 4 is 17.0 Å². The van der Waals surface area contributed by atoms with E-state index in [1.54, 1.807) is 6.20 Å². The summed E-state index contributed by atoms with van der Waals surface area (Å²) in [6.07, 6.45) is 1.88. The number of hydrogen-bond donors (Lipinski definition) is 1. The van der Waals surface area contributed by atoms with Gasteiger partial charge in [-0.3, -0.25) is 4.98 Å². The number of carbonyl (C=O) groups is 1. The molecule has 0 radical (unpaired) electrons. The van der Waals surface area contributed by atoms with Crippen LogP contribution in [0.15, 0.2) is 66.9 Å². The Labute approximate surface area is 146 Å². The summed E-state index contributed by atoms with van der Waals surface area (Å²) in [4.78, 5) is 16.0. The highest BCUT2D eigenvalue weighted by atomic mass is 16.5. The van der Waals surface area contributed by atoms with Crippen LogP contribution in [0.2, 0.25) is 0 Å². The monoisotopic (exact) mass is 330 g/mol. The van der Waals surface area contributed by atoms with E-state index in [0.717, 1.165) is 22.0 Å². The zero-order chi connectivity index (χ0) is 17.3. The van der Waals surface area contributed by atoms with Gasteiger partial charge in [-0.15, -0.1) is 0 Å². The molecule has 1 aromatic heterocycles. The molecule has 124 valence electrons. The molecule has 0 spiro atoms. The summed E-state index contributed by atoms with van der Waals surface area (Å²) < 4.78 is 5.13. The van der Waals surface area contributed by atoms with Gasteiger partial charge in [-0.1, -0.05) is 60.4 Å². The van der Waals surface area contributed by atoms with Crippen LogP contribution in [-0.4, -0.2) is 17.6 Å². The Morgan fingerprint density at radius 1 is 1.08 bits per heavy atom. The van der Waals surface area contributed by atoms with Crippen molar-refractivity contribution in [2.24, 2.45) is 0 Å². The molecule has 3 aromatic rings. The normalized spacial score (nSPS) is 9.92. The molecule has 0 fully saturated rings. The van der Waals surface area contributed by atoms with Crippen molar-refractivity contribution in [1.29, 1.82) is 0 Å². The molecule has 0 unspecified atom stereocenters. The van der Waals surface area contributed by atoms with Crippen LogP contribution in [0.3, 0.4) is 0 Å². The quantitative estimate of drug-likeness (QED) is 0.583. The third kappa shape index (κ3) is 5.08. The van der Waals surface area contributed by atoms with Gasteiger partial charge in [-0.25, -0.2) is 4.79 Å². The van der Waals surface area contributed by atoms with E-state index in [0.29, 0.717) is 13.0 Å². The van der Waals surface area contributed by atoms with E-state index in [2.05, 4.69) is 22.1 Å². The van der Waals surface area contributed by atoms with Crippen molar-refractivity contribution in [2.45, 2.75) is 13.0 Å². The van der Waals surface area contributed by atoms with Crippen LogP contribution in [0.1, 0.15) is 17.5 Å². The minimum absolute atomic E-state index is 0.265. The lowest BCUT2D eigenvalue weighted by atomic mass is 10.1.